The maximum Gasteiger partial charge on any atom is 0.292 e. The van der Waals surface area contributed by atoms with Gasteiger partial charge in [-0.3, -0.25) is 9.59 Å². The van der Waals surface area contributed by atoms with Crippen LogP contribution in [0.5, 0.6) is 0 Å². The Morgan fingerprint density at radius 3 is 2.93 bits per heavy atom. The van der Waals surface area contributed by atoms with Gasteiger partial charge < -0.3 is 10.1 Å². The molecule has 2 rings (SSSR count). The van der Waals surface area contributed by atoms with Crippen LogP contribution in [0.25, 0.3) is 0 Å². The van der Waals surface area contributed by atoms with Crippen molar-refractivity contribution in [2.45, 2.75) is 6.42 Å². The summed E-state index contributed by atoms with van der Waals surface area (Å²) in [7, 11) is 1.55. The van der Waals surface area contributed by atoms with Crippen LogP contribution in [0.4, 0.5) is 0 Å². The smallest absolute Gasteiger partial charge is 0.292 e. The molecule has 1 amide bonds. The molecule has 1 saturated heterocycles. The van der Waals surface area contributed by atoms with Crippen LogP contribution in [0, 0.1) is 5.92 Å². The molecule has 0 spiro atoms. The number of allylic oxidation sites excluding steroid dienone is 3. The van der Waals surface area contributed by atoms with Gasteiger partial charge in [-0.1, -0.05) is 15.9 Å². The molecule has 1 atom stereocenters. The van der Waals surface area contributed by atoms with E-state index in [4.69, 9.17) is 4.74 Å². The van der Waals surface area contributed by atoms with Crippen LogP contribution in [-0.2, 0) is 14.3 Å². The fraction of sp³-hybridized carbons (Fsp3) is 0.333. The molecule has 1 aliphatic carbocycles. The van der Waals surface area contributed by atoms with E-state index in [-0.39, 0.29) is 11.7 Å². The van der Waals surface area contributed by atoms with Crippen LogP contribution in [-0.4, -0.2) is 18.8 Å². The Morgan fingerprint density at radius 2 is 2.29 bits per heavy atom. The zero-order valence-corrected chi connectivity index (χ0v) is 9.05. The molecule has 2 aliphatic rings. The van der Waals surface area contributed by atoms with E-state index < -0.39 is 5.91 Å². The predicted octanol–water partition coefficient (Wildman–Crippen LogP) is 0.842. The zero-order valence-electron chi connectivity index (χ0n) is 7.46. The Labute approximate surface area is 89.1 Å². The van der Waals surface area contributed by atoms with Crippen molar-refractivity contribution < 1.29 is 14.3 Å². The first kappa shape index (κ1) is 9.45. The number of rotatable bonds is 1. The number of amides is 1. The summed E-state index contributed by atoms with van der Waals surface area (Å²) in [6, 6.07) is 0. The minimum atomic E-state index is -0.529. The highest BCUT2D eigenvalue weighted by atomic mass is 79.9. The van der Waals surface area contributed by atoms with Gasteiger partial charge in [-0.25, -0.2) is 0 Å². The number of ketones is 1. The minimum absolute atomic E-state index is 0.351. The molecule has 1 N–H and O–H groups in total. The van der Waals surface area contributed by atoms with Gasteiger partial charge in [0.25, 0.3) is 5.91 Å². The molecule has 5 heteroatoms. The lowest BCUT2D eigenvalue weighted by atomic mass is 9.95. The average molecular weight is 258 g/mol. The first-order valence-corrected chi connectivity index (χ1v) is 4.92. The van der Waals surface area contributed by atoms with E-state index in [1.807, 2.05) is 0 Å². The number of nitrogens with one attached hydrogen (secondary N) is 1. The Morgan fingerprint density at radius 1 is 1.57 bits per heavy atom. The van der Waals surface area contributed by atoms with Gasteiger partial charge in [0.1, 0.15) is 5.76 Å². The summed E-state index contributed by atoms with van der Waals surface area (Å²) in [6.07, 6.45) is 2.17. The van der Waals surface area contributed by atoms with Gasteiger partial charge in [0, 0.05) is 16.3 Å². The van der Waals surface area contributed by atoms with Crippen molar-refractivity contribution in [1.82, 2.24) is 5.32 Å². The van der Waals surface area contributed by atoms with Gasteiger partial charge in [0.05, 0.1) is 13.0 Å². The number of hydrogen-bond donors (Lipinski definition) is 1. The van der Waals surface area contributed by atoms with Crippen molar-refractivity contribution in [2.75, 3.05) is 7.11 Å². The summed E-state index contributed by atoms with van der Waals surface area (Å²) in [5.41, 5.74) is 0.639. The van der Waals surface area contributed by atoms with Crippen molar-refractivity contribution in [3.8, 4) is 0 Å². The van der Waals surface area contributed by atoms with Crippen LogP contribution in [0.2, 0.25) is 0 Å². The van der Waals surface area contributed by atoms with Gasteiger partial charge in [0.15, 0.2) is 0 Å². The van der Waals surface area contributed by atoms with Gasteiger partial charge in [-0.2, -0.15) is 0 Å². The highest BCUT2D eigenvalue weighted by Crippen LogP contribution is 2.34. The number of hydrogen-bond acceptors (Lipinski definition) is 3. The normalized spacial score (nSPS) is 25.9. The monoisotopic (exact) mass is 257 g/mol. The first-order chi connectivity index (χ1) is 6.63. The van der Waals surface area contributed by atoms with Gasteiger partial charge in [0.2, 0.25) is 5.78 Å². The third kappa shape index (κ3) is 1.28. The van der Waals surface area contributed by atoms with Crippen LogP contribution >= 0.6 is 15.9 Å². The number of ether oxygens (including phenoxy) is 1. The molecule has 0 aromatic heterocycles. The molecule has 4 nitrogen and oxygen atoms in total. The molecule has 1 heterocycles. The largest absolute Gasteiger partial charge is 0.496 e. The fourth-order valence-electron chi connectivity index (χ4n) is 1.59. The van der Waals surface area contributed by atoms with Crippen molar-refractivity contribution in [1.29, 1.82) is 0 Å². The summed E-state index contributed by atoms with van der Waals surface area (Å²) < 4.78 is 5.89. The number of fused-ring (bicyclic) bond motifs is 1. The Balaban J connectivity index is 2.36. The number of halogens is 1. The fourth-order valence-corrected chi connectivity index (χ4v) is 2.19. The molecule has 1 unspecified atom stereocenters. The average Bonchev–Trinajstić information content (AvgIpc) is 2.43. The highest BCUT2D eigenvalue weighted by molar-refractivity contribution is 9.11. The number of methoxy groups -OCH3 is 1. The molecular formula is C9H8BrNO3. The molecule has 0 radical (unpaired) electrons. The van der Waals surface area contributed by atoms with Crippen molar-refractivity contribution in [3.63, 3.8) is 0 Å². The summed E-state index contributed by atoms with van der Waals surface area (Å²) in [4.78, 5) is 22.4. The highest BCUT2D eigenvalue weighted by Gasteiger charge is 2.39. The van der Waals surface area contributed by atoms with Crippen LogP contribution in [0.1, 0.15) is 6.42 Å². The quantitative estimate of drug-likeness (QED) is 0.709. The maximum absolute atomic E-state index is 11.3. The van der Waals surface area contributed by atoms with Gasteiger partial charge in [-0.05, 0) is 6.42 Å². The van der Waals surface area contributed by atoms with Crippen molar-refractivity contribution >= 4 is 27.6 Å². The summed E-state index contributed by atoms with van der Waals surface area (Å²) in [5, 5.41) is 2.53. The second kappa shape index (κ2) is 3.24. The molecule has 74 valence electrons. The van der Waals surface area contributed by atoms with Crippen LogP contribution in [0.3, 0.4) is 0 Å². The van der Waals surface area contributed by atoms with Crippen LogP contribution in [0.15, 0.2) is 22.0 Å². The number of carbonyl (C=O) groups is 2. The summed E-state index contributed by atoms with van der Waals surface area (Å²) in [6.45, 7) is 0. The first-order valence-electron chi connectivity index (χ1n) is 4.13. The zero-order chi connectivity index (χ0) is 10.3. The molecule has 0 aromatic carbocycles. The topological polar surface area (TPSA) is 55.4 Å². The van der Waals surface area contributed by atoms with E-state index in [1.54, 1.807) is 13.2 Å². The predicted molar refractivity (Wildman–Crippen MR) is 52.3 cm³/mol. The van der Waals surface area contributed by atoms with Gasteiger partial charge in [-0.15, -0.1) is 0 Å². The van der Waals surface area contributed by atoms with Crippen LogP contribution < -0.4 is 5.32 Å². The number of carbonyl (C=O) groups excluding carboxylic acids is 2. The third-order valence-electron chi connectivity index (χ3n) is 2.33. The Hall–Kier alpha value is -1.10. The maximum atomic E-state index is 11.3. The summed E-state index contributed by atoms with van der Waals surface area (Å²) >= 11 is 3.32. The lowest BCUT2D eigenvalue weighted by Crippen LogP contribution is -2.18. The standard InChI is InChI=1S/C9H8BrNO3/c1-14-7-3-6-4(2-5(7)10)8(12)9(13)11-6/h3-4H,2H2,1H3,(H,11,13). The van der Waals surface area contributed by atoms with E-state index in [2.05, 4.69) is 21.2 Å². The second-order valence-corrected chi connectivity index (χ2v) is 4.11. The SMILES string of the molecule is COC1=C(Br)CC2C(=O)C(=O)NC2=C1. The van der Waals surface area contributed by atoms with E-state index in [1.165, 1.54) is 0 Å². The summed E-state index contributed by atoms with van der Waals surface area (Å²) in [5.74, 6) is -0.593. The van der Waals surface area contributed by atoms with Crippen molar-refractivity contribution in [2.24, 2.45) is 5.92 Å². The van der Waals surface area contributed by atoms with E-state index in [9.17, 15) is 9.59 Å². The van der Waals surface area contributed by atoms with E-state index in [0.717, 1.165) is 4.48 Å². The lowest BCUT2D eigenvalue weighted by Gasteiger charge is -2.16. The third-order valence-corrected chi connectivity index (χ3v) is 3.05. The molecule has 1 aliphatic heterocycles. The number of Topliss-reactive ketones (excluding diaryl/α,β-unsaturated/α-hetero) is 1. The molecular weight excluding hydrogens is 250 g/mol. The Bertz CT molecular complexity index is 384. The lowest BCUT2D eigenvalue weighted by molar-refractivity contribution is -0.136. The van der Waals surface area contributed by atoms with E-state index >= 15 is 0 Å². The molecule has 14 heavy (non-hydrogen) atoms. The second-order valence-electron chi connectivity index (χ2n) is 3.15. The minimum Gasteiger partial charge on any atom is -0.496 e. The molecule has 0 bridgehead atoms. The molecule has 1 fully saturated rings. The van der Waals surface area contributed by atoms with Gasteiger partial charge >= 0.3 is 0 Å². The Kier molecular flexibility index (Phi) is 2.19. The molecule has 0 saturated carbocycles. The molecule has 0 aromatic rings. The van der Waals surface area contributed by atoms with E-state index in [0.29, 0.717) is 17.9 Å². The van der Waals surface area contributed by atoms with Crippen molar-refractivity contribution in [3.05, 3.63) is 22.0 Å².